The lowest BCUT2D eigenvalue weighted by atomic mass is 10.4. The van der Waals surface area contributed by atoms with Gasteiger partial charge in [0, 0.05) is 5.38 Å². The highest BCUT2D eigenvalue weighted by molar-refractivity contribution is 7.08. The molecule has 0 aliphatic heterocycles. The van der Waals surface area contributed by atoms with Crippen LogP contribution in [0.15, 0.2) is 16.8 Å². The van der Waals surface area contributed by atoms with Gasteiger partial charge in [0.25, 0.3) is 0 Å². The van der Waals surface area contributed by atoms with Crippen LogP contribution in [-0.2, 0) is 4.79 Å². The van der Waals surface area contributed by atoms with Crippen molar-refractivity contribution in [1.29, 1.82) is 0 Å². The van der Waals surface area contributed by atoms with Crippen LogP contribution in [0.5, 0.6) is 0 Å². The van der Waals surface area contributed by atoms with E-state index in [0.717, 1.165) is 18.7 Å². The van der Waals surface area contributed by atoms with Gasteiger partial charge in [0.05, 0.1) is 12.2 Å². The summed E-state index contributed by atoms with van der Waals surface area (Å²) in [6.45, 7) is 3.35. The van der Waals surface area contributed by atoms with Crippen molar-refractivity contribution in [3.8, 4) is 0 Å². The van der Waals surface area contributed by atoms with E-state index in [4.69, 9.17) is 0 Å². The van der Waals surface area contributed by atoms with Gasteiger partial charge < -0.3 is 10.6 Å². The maximum absolute atomic E-state index is 11.2. The van der Waals surface area contributed by atoms with Gasteiger partial charge in [-0.3, -0.25) is 4.79 Å². The van der Waals surface area contributed by atoms with Gasteiger partial charge in [-0.25, -0.2) is 0 Å². The van der Waals surface area contributed by atoms with E-state index >= 15 is 0 Å². The van der Waals surface area contributed by atoms with Crippen molar-refractivity contribution in [3.05, 3.63) is 16.8 Å². The van der Waals surface area contributed by atoms with Crippen LogP contribution >= 0.6 is 11.3 Å². The van der Waals surface area contributed by atoms with Gasteiger partial charge in [-0.1, -0.05) is 6.92 Å². The average molecular weight is 198 g/mol. The fraction of sp³-hybridized carbons (Fsp3) is 0.444. The summed E-state index contributed by atoms with van der Waals surface area (Å²) < 4.78 is 0. The Morgan fingerprint density at radius 3 is 3.08 bits per heavy atom. The first-order valence-corrected chi connectivity index (χ1v) is 5.30. The minimum atomic E-state index is 0.0202. The standard InChI is InChI=1S/C9H14N2OS/c1-2-4-10-6-9(12)11-8-3-5-13-7-8/h3,5,7,10H,2,4,6H2,1H3,(H,11,12). The number of amides is 1. The van der Waals surface area contributed by atoms with Crippen LogP contribution in [0, 0.1) is 0 Å². The molecule has 0 saturated heterocycles. The first-order valence-electron chi connectivity index (χ1n) is 4.35. The van der Waals surface area contributed by atoms with Crippen LogP contribution in [0.4, 0.5) is 5.69 Å². The quantitative estimate of drug-likeness (QED) is 0.707. The molecule has 0 saturated carbocycles. The first-order chi connectivity index (χ1) is 6.33. The van der Waals surface area contributed by atoms with Crippen molar-refractivity contribution >= 4 is 22.9 Å². The molecule has 0 bridgehead atoms. The smallest absolute Gasteiger partial charge is 0.238 e. The predicted molar refractivity (Wildman–Crippen MR) is 56.1 cm³/mol. The van der Waals surface area contributed by atoms with Gasteiger partial charge in [0.15, 0.2) is 0 Å². The van der Waals surface area contributed by atoms with Crippen LogP contribution in [0.2, 0.25) is 0 Å². The molecule has 0 spiro atoms. The zero-order valence-electron chi connectivity index (χ0n) is 7.67. The van der Waals surface area contributed by atoms with Gasteiger partial charge in [-0.2, -0.15) is 11.3 Å². The van der Waals surface area contributed by atoms with E-state index in [1.807, 2.05) is 16.8 Å². The maximum atomic E-state index is 11.2. The number of anilines is 1. The van der Waals surface area contributed by atoms with Crippen LogP contribution in [0.1, 0.15) is 13.3 Å². The van der Waals surface area contributed by atoms with Crippen molar-refractivity contribution in [1.82, 2.24) is 5.32 Å². The van der Waals surface area contributed by atoms with Gasteiger partial charge in [-0.15, -0.1) is 0 Å². The Bertz CT molecular complexity index is 246. The number of nitrogens with one attached hydrogen (secondary N) is 2. The van der Waals surface area contributed by atoms with Crippen molar-refractivity contribution in [2.75, 3.05) is 18.4 Å². The highest BCUT2D eigenvalue weighted by Crippen LogP contribution is 2.10. The molecule has 0 radical (unpaired) electrons. The summed E-state index contributed by atoms with van der Waals surface area (Å²) in [5, 5.41) is 9.68. The molecule has 1 aromatic rings. The molecule has 4 heteroatoms. The predicted octanol–water partition coefficient (Wildman–Crippen LogP) is 1.69. The maximum Gasteiger partial charge on any atom is 0.238 e. The number of hydrogen-bond donors (Lipinski definition) is 2. The molecule has 3 nitrogen and oxygen atoms in total. The Hall–Kier alpha value is -0.870. The molecule has 72 valence electrons. The lowest BCUT2D eigenvalue weighted by Crippen LogP contribution is -2.28. The van der Waals surface area contributed by atoms with Crippen molar-refractivity contribution in [3.63, 3.8) is 0 Å². The van der Waals surface area contributed by atoms with Crippen molar-refractivity contribution in [2.24, 2.45) is 0 Å². The summed E-state index contributed by atoms with van der Waals surface area (Å²) in [5.74, 6) is 0.0202. The molecular weight excluding hydrogens is 184 g/mol. The second kappa shape index (κ2) is 5.72. The molecule has 0 aromatic carbocycles. The fourth-order valence-corrected chi connectivity index (χ4v) is 1.51. The Kier molecular flexibility index (Phi) is 4.49. The van der Waals surface area contributed by atoms with Gasteiger partial charge in [0.2, 0.25) is 5.91 Å². The summed E-state index contributed by atoms with van der Waals surface area (Å²) in [6.07, 6.45) is 1.05. The molecule has 2 N–H and O–H groups in total. The Morgan fingerprint density at radius 1 is 1.62 bits per heavy atom. The molecule has 1 aromatic heterocycles. The molecule has 0 atom stereocenters. The monoisotopic (exact) mass is 198 g/mol. The zero-order valence-corrected chi connectivity index (χ0v) is 8.49. The third-order valence-corrected chi connectivity index (χ3v) is 2.20. The number of hydrogen-bond acceptors (Lipinski definition) is 3. The lowest BCUT2D eigenvalue weighted by molar-refractivity contribution is -0.115. The average Bonchev–Trinajstić information content (AvgIpc) is 2.57. The van der Waals surface area contributed by atoms with Crippen LogP contribution < -0.4 is 10.6 Å². The number of carbonyl (C=O) groups excluding carboxylic acids is 1. The van der Waals surface area contributed by atoms with E-state index in [1.165, 1.54) is 0 Å². The molecule has 1 heterocycles. The molecule has 13 heavy (non-hydrogen) atoms. The summed E-state index contributed by atoms with van der Waals surface area (Å²) in [7, 11) is 0. The zero-order chi connectivity index (χ0) is 9.52. The topological polar surface area (TPSA) is 41.1 Å². The fourth-order valence-electron chi connectivity index (χ4n) is 0.919. The van der Waals surface area contributed by atoms with Crippen molar-refractivity contribution in [2.45, 2.75) is 13.3 Å². The highest BCUT2D eigenvalue weighted by atomic mass is 32.1. The first kappa shape index (κ1) is 10.2. The number of thiophene rings is 1. The minimum Gasteiger partial charge on any atom is -0.324 e. The number of rotatable bonds is 5. The second-order valence-electron chi connectivity index (χ2n) is 2.74. The molecule has 0 unspecified atom stereocenters. The minimum absolute atomic E-state index is 0.0202. The van der Waals surface area contributed by atoms with Gasteiger partial charge >= 0.3 is 0 Å². The molecule has 0 fully saturated rings. The van der Waals surface area contributed by atoms with Crippen molar-refractivity contribution < 1.29 is 4.79 Å². The lowest BCUT2D eigenvalue weighted by Gasteiger charge is -2.03. The van der Waals surface area contributed by atoms with Crippen LogP contribution in [0.3, 0.4) is 0 Å². The van der Waals surface area contributed by atoms with Crippen LogP contribution in [-0.4, -0.2) is 19.0 Å². The highest BCUT2D eigenvalue weighted by Gasteiger charge is 2.00. The van der Waals surface area contributed by atoms with E-state index in [-0.39, 0.29) is 5.91 Å². The van der Waals surface area contributed by atoms with Gasteiger partial charge in [-0.05, 0) is 24.4 Å². The molecule has 0 aliphatic carbocycles. The van der Waals surface area contributed by atoms with E-state index in [9.17, 15) is 4.79 Å². The Labute approximate surface area is 82.2 Å². The third-order valence-electron chi connectivity index (χ3n) is 1.52. The largest absolute Gasteiger partial charge is 0.324 e. The van der Waals surface area contributed by atoms with E-state index in [1.54, 1.807) is 11.3 Å². The SMILES string of the molecule is CCCNCC(=O)Nc1ccsc1. The van der Waals surface area contributed by atoms with Crippen LogP contribution in [0.25, 0.3) is 0 Å². The Balaban J connectivity index is 2.18. The summed E-state index contributed by atoms with van der Waals surface area (Å²) in [5.41, 5.74) is 0.883. The molecular formula is C9H14N2OS. The Morgan fingerprint density at radius 2 is 2.46 bits per heavy atom. The third kappa shape index (κ3) is 4.05. The van der Waals surface area contributed by atoms with Gasteiger partial charge in [0.1, 0.15) is 0 Å². The molecule has 1 rings (SSSR count). The number of carbonyl (C=O) groups is 1. The second-order valence-corrected chi connectivity index (χ2v) is 3.52. The summed E-state index contributed by atoms with van der Waals surface area (Å²) >= 11 is 1.57. The normalized spacial score (nSPS) is 9.92. The summed E-state index contributed by atoms with van der Waals surface area (Å²) in [6, 6.07) is 1.89. The van der Waals surface area contributed by atoms with E-state index in [2.05, 4.69) is 17.6 Å². The van der Waals surface area contributed by atoms with E-state index in [0.29, 0.717) is 6.54 Å². The summed E-state index contributed by atoms with van der Waals surface area (Å²) in [4.78, 5) is 11.2. The van der Waals surface area contributed by atoms with E-state index < -0.39 is 0 Å². The molecule has 0 aliphatic rings. The molecule has 1 amide bonds.